The van der Waals surface area contributed by atoms with Crippen molar-refractivity contribution in [2.75, 3.05) is 7.05 Å². The molecule has 2 heterocycles. The van der Waals surface area contributed by atoms with E-state index in [1.807, 2.05) is 48.5 Å². The van der Waals surface area contributed by atoms with Gasteiger partial charge in [-0.1, -0.05) is 54.5 Å². The molecule has 6 rings (SSSR count). The van der Waals surface area contributed by atoms with Crippen molar-refractivity contribution in [3.63, 3.8) is 0 Å². The first kappa shape index (κ1) is 23.9. The molecule has 2 saturated carbocycles. The van der Waals surface area contributed by atoms with Gasteiger partial charge in [0.25, 0.3) is 0 Å². The molecule has 0 spiro atoms. The summed E-state index contributed by atoms with van der Waals surface area (Å²) in [6, 6.07) is 17.9. The molecule has 190 valence electrons. The Balaban J connectivity index is 1.48. The van der Waals surface area contributed by atoms with Crippen LogP contribution in [0.25, 0.3) is 23.0 Å². The van der Waals surface area contributed by atoms with Crippen molar-refractivity contribution in [3.05, 3.63) is 89.6 Å². The van der Waals surface area contributed by atoms with Gasteiger partial charge in [0.05, 0.1) is 29.6 Å². The molecule has 4 aromatic rings. The minimum atomic E-state index is -1.21. The molecule has 9 nitrogen and oxygen atoms in total. The quantitative estimate of drug-likeness (QED) is 0.246. The van der Waals surface area contributed by atoms with Crippen LogP contribution >= 0.6 is 0 Å². The van der Waals surface area contributed by atoms with Crippen molar-refractivity contribution in [2.24, 2.45) is 11.3 Å². The van der Waals surface area contributed by atoms with Crippen LogP contribution in [-0.4, -0.2) is 60.0 Å². The second kappa shape index (κ2) is 9.10. The number of fused-ring (bicyclic) bond motifs is 2. The maximum absolute atomic E-state index is 12.6. The van der Waals surface area contributed by atoms with Gasteiger partial charge in [-0.25, -0.2) is 15.0 Å². The van der Waals surface area contributed by atoms with Crippen LogP contribution in [0.2, 0.25) is 0 Å². The molecule has 0 saturated heterocycles. The van der Waals surface area contributed by atoms with Crippen LogP contribution in [0.15, 0.2) is 67.0 Å². The lowest BCUT2D eigenvalue weighted by molar-refractivity contribution is -0.132. The van der Waals surface area contributed by atoms with Crippen LogP contribution in [0, 0.1) is 23.2 Å². The molecular formula is C29H25N5O4. The average molecular weight is 508 g/mol. The van der Waals surface area contributed by atoms with Crippen LogP contribution in [0.4, 0.5) is 0 Å². The van der Waals surface area contributed by atoms with Crippen molar-refractivity contribution < 1.29 is 20.1 Å². The Morgan fingerprint density at radius 1 is 1.08 bits per heavy atom. The monoisotopic (exact) mass is 507 g/mol. The molecule has 2 aliphatic rings. The highest BCUT2D eigenvalue weighted by Gasteiger charge is 2.75. The van der Waals surface area contributed by atoms with E-state index in [9.17, 15) is 20.1 Å². The molecule has 2 fully saturated rings. The Kier molecular flexibility index (Phi) is 5.71. The summed E-state index contributed by atoms with van der Waals surface area (Å²) in [5, 5.41) is 35.2. The van der Waals surface area contributed by atoms with Gasteiger partial charge >= 0.3 is 0 Å². The standard InChI is InChI=1S/C29H25N5O4/c1-30-28(38)29-15-19(29)24(25(36)26(29)37)34-16-31-23-20(14-21(35)18-10-6-3-7-11-18)32-22(33-27(23)34)13-12-17-8-4-2-5-9-17/h2-11,14,16,19,24-26,35-37H,15H2,1H3,(H,30,38)/b21-14-/t19?,24-,25?,26+,29-/m1/s1. The highest BCUT2D eigenvalue weighted by Crippen LogP contribution is 2.67. The molecular weight excluding hydrogens is 482 g/mol. The first-order valence-electron chi connectivity index (χ1n) is 12.3. The summed E-state index contributed by atoms with van der Waals surface area (Å²) >= 11 is 0. The molecule has 9 heteroatoms. The SMILES string of the molecule is CNC(=O)[C@]12CC1[C@@H](n1cnc3c(/C=C(\O)c4ccccc4)nc(C#Cc4ccccc4)nc31)C(O)[C@@H]2O. The zero-order valence-corrected chi connectivity index (χ0v) is 20.5. The number of aliphatic hydroxyl groups is 3. The van der Waals surface area contributed by atoms with E-state index >= 15 is 0 Å². The summed E-state index contributed by atoms with van der Waals surface area (Å²) in [4.78, 5) is 26.3. The number of nitrogens with one attached hydrogen (secondary N) is 1. The van der Waals surface area contributed by atoms with E-state index in [1.54, 1.807) is 16.7 Å². The number of hydrogen-bond donors (Lipinski definition) is 4. The van der Waals surface area contributed by atoms with Gasteiger partial charge < -0.3 is 25.2 Å². The zero-order valence-electron chi connectivity index (χ0n) is 20.5. The smallest absolute Gasteiger partial charge is 0.229 e. The van der Waals surface area contributed by atoms with Crippen LogP contribution in [-0.2, 0) is 4.79 Å². The van der Waals surface area contributed by atoms with Gasteiger partial charge in [0.1, 0.15) is 17.4 Å². The molecule has 2 aliphatic carbocycles. The Bertz CT molecular complexity index is 1620. The lowest BCUT2D eigenvalue weighted by atomic mass is 9.98. The van der Waals surface area contributed by atoms with Crippen molar-refractivity contribution in [1.29, 1.82) is 0 Å². The van der Waals surface area contributed by atoms with E-state index in [1.165, 1.54) is 19.5 Å². The van der Waals surface area contributed by atoms with Crippen LogP contribution in [0.5, 0.6) is 0 Å². The summed E-state index contributed by atoms with van der Waals surface area (Å²) in [6.45, 7) is 0. The molecule has 0 aliphatic heterocycles. The van der Waals surface area contributed by atoms with Crippen molar-refractivity contribution in [1.82, 2.24) is 24.8 Å². The van der Waals surface area contributed by atoms with Gasteiger partial charge in [0, 0.05) is 30.2 Å². The summed E-state index contributed by atoms with van der Waals surface area (Å²) in [7, 11) is 1.52. The molecule has 1 amide bonds. The van der Waals surface area contributed by atoms with Crippen LogP contribution < -0.4 is 5.32 Å². The van der Waals surface area contributed by atoms with E-state index in [-0.39, 0.29) is 23.4 Å². The van der Waals surface area contributed by atoms with Gasteiger partial charge in [0.2, 0.25) is 11.7 Å². The molecule has 0 radical (unpaired) electrons. The molecule has 4 N–H and O–H groups in total. The van der Waals surface area contributed by atoms with Gasteiger partial charge in [-0.3, -0.25) is 4.79 Å². The number of aromatic nitrogens is 4. The number of imidazole rings is 1. The fourth-order valence-electron chi connectivity index (χ4n) is 5.57. The lowest BCUT2D eigenvalue weighted by Gasteiger charge is -2.23. The molecule has 5 atom stereocenters. The number of nitrogens with zero attached hydrogens (tertiary/aromatic N) is 4. The minimum Gasteiger partial charge on any atom is -0.507 e. The summed E-state index contributed by atoms with van der Waals surface area (Å²) < 4.78 is 1.69. The number of benzene rings is 2. The van der Waals surface area contributed by atoms with Gasteiger partial charge in [-0.2, -0.15) is 0 Å². The Labute approximate surface area is 218 Å². The van der Waals surface area contributed by atoms with Gasteiger partial charge in [-0.15, -0.1) is 0 Å². The second-order valence-corrected chi connectivity index (χ2v) is 9.62. The fourth-order valence-corrected chi connectivity index (χ4v) is 5.57. The van der Waals surface area contributed by atoms with Gasteiger partial charge in [-0.05, 0) is 24.5 Å². The van der Waals surface area contributed by atoms with Crippen molar-refractivity contribution in [2.45, 2.75) is 24.7 Å². The minimum absolute atomic E-state index is 0.000677. The Morgan fingerprint density at radius 3 is 2.50 bits per heavy atom. The average Bonchev–Trinajstić information content (AvgIpc) is 3.49. The number of carbonyl (C=O) groups excluding carboxylic acids is 1. The molecule has 0 bridgehead atoms. The molecule has 2 aromatic heterocycles. The zero-order chi connectivity index (χ0) is 26.4. The van der Waals surface area contributed by atoms with E-state index < -0.39 is 23.7 Å². The number of aliphatic hydroxyl groups excluding tert-OH is 3. The largest absolute Gasteiger partial charge is 0.507 e. The van der Waals surface area contributed by atoms with Crippen LogP contribution in [0.1, 0.15) is 35.1 Å². The lowest BCUT2D eigenvalue weighted by Crippen LogP contribution is -2.41. The van der Waals surface area contributed by atoms with E-state index in [4.69, 9.17) is 0 Å². The highest BCUT2D eigenvalue weighted by molar-refractivity contribution is 5.89. The third kappa shape index (κ3) is 3.74. The number of hydrogen-bond acceptors (Lipinski definition) is 7. The predicted molar refractivity (Wildman–Crippen MR) is 140 cm³/mol. The highest BCUT2D eigenvalue weighted by atomic mass is 16.3. The van der Waals surface area contributed by atoms with E-state index in [0.29, 0.717) is 28.8 Å². The first-order valence-corrected chi connectivity index (χ1v) is 12.3. The Morgan fingerprint density at radius 2 is 1.79 bits per heavy atom. The third-order valence-electron chi connectivity index (χ3n) is 7.53. The normalized spacial score (nSPS) is 25.9. The third-order valence-corrected chi connectivity index (χ3v) is 7.53. The molecule has 38 heavy (non-hydrogen) atoms. The first-order chi connectivity index (χ1) is 18.4. The number of rotatable bonds is 4. The van der Waals surface area contributed by atoms with E-state index in [0.717, 1.165) is 5.56 Å². The maximum Gasteiger partial charge on any atom is 0.229 e. The summed E-state index contributed by atoms with van der Waals surface area (Å²) in [6.07, 6.45) is 1.09. The fraction of sp³-hybridized carbons (Fsp3) is 0.241. The maximum atomic E-state index is 12.6. The topological polar surface area (TPSA) is 133 Å². The van der Waals surface area contributed by atoms with Gasteiger partial charge in [0.15, 0.2) is 5.65 Å². The second-order valence-electron chi connectivity index (χ2n) is 9.62. The Hall–Kier alpha value is -4.52. The predicted octanol–water partition coefficient (Wildman–Crippen LogP) is 2.31. The summed E-state index contributed by atoms with van der Waals surface area (Å²) in [5.74, 6) is 5.67. The number of amides is 1. The van der Waals surface area contributed by atoms with Crippen LogP contribution in [0.3, 0.4) is 0 Å². The van der Waals surface area contributed by atoms with Crippen molar-refractivity contribution in [3.8, 4) is 11.8 Å². The molecule has 2 unspecified atom stereocenters. The van der Waals surface area contributed by atoms with Crippen molar-refractivity contribution >= 4 is 28.9 Å². The number of carbonyl (C=O) groups is 1. The van der Waals surface area contributed by atoms with E-state index in [2.05, 4.69) is 32.1 Å². The molecule has 2 aromatic carbocycles. The summed E-state index contributed by atoms with van der Waals surface area (Å²) in [5.41, 5.74) is 1.51.